The van der Waals surface area contributed by atoms with Crippen LogP contribution in [0.5, 0.6) is 0 Å². The molecule has 0 aliphatic carbocycles. The van der Waals surface area contributed by atoms with E-state index in [1.165, 1.54) is 4.31 Å². The third kappa shape index (κ3) is 0.936. The van der Waals surface area contributed by atoms with Crippen molar-refractivity contribution in [1.29, 1.82) is 0 Å². The summed E-state index contributed by atoms with van der Waals surface area (Å²) in [5.41, 5.74) is -0.608. The summed E-state index contributed by atoms with van der Waals surface area (Å²) in [6, 6.07) is 0. The Hall–Kier alpha value is -0.0900. The Morgan fingerprint density at radius 2 is 1.29 bits per heavy atom. The van der Waals surface area contributed by atoms with E-state index in [1.807, 2.05) is 41.5 Å². The minimum Gasteiger partial charge on any atom is -0.212 e. The second-order valence-corrected chi connectivity index (χ2v) is 8.19. The lowest BCUT2D eigenvalue weighted by atomic mass is 9.67. The Balaban J connectivity index is 3.55. The molecule has 0 aromatic rings. The van der Waals surface area contributed by atoms with Crippen LogP contribution in [0.1, 0.15) is 41.5 Å². The normalized spacial score (nSPS) is 33.1. The Labute approximate surface area is 87.5 Å². The molecule has 0 saturated carbocycles. The molecule has 0 aromatic heterocycles. The lowest BCUT2D eigenvalue weighted by molar-refractivity contribution is 0.102. The summed E-state index contributed by atoms with van der Waals surface area (Å²) >= 11 is 0. The highest BCUT2D eigenvalue weighted by molar-refractivity contribution is 7.90. The van der Waals surface area contributed by atoms with Crippen LogP contribution < -0.4 is 0 Å². The summed E-state index contributed by atoms with van der Waals surface area (Å²) in [6.45, 7) is 11.6. The smallest absolute Gasteiger partial charge is 0.212 e. The van der Waals surface area contributed by atoms with Crippen molar-refractivity contribution >= 4 is 10.0 Å². The standard InChI is InChI=1S/C10H21NO2S/c1-8(2)9(3,4)11(7)14(12,13)10(8,5)6/h1-7H3. The fourth-order valence-corrected chi connectivity index (χ4v) is 4.50. The summed E-state index contributed by atoms with van der Waals surface area (Å²) in [5.74, 6) is 0. The van der Waals surface area contributed by atoms with Gasteiger partial charge in [-0.2, -0.15) is 4.31 Å². The maximum Gasteiger partial charge on any atom is 0.220 e. The molecule has 84 valence electrons. The van der Waals surface area contributed by atoms with Crippen molar-refractivity contribution < 1.29 is 8.42 Å². The van der Waals surface area contributed by atoms with Gasteiger partial charge in [0.05, 0.1) is 4.75 Å². The van der Waals surface area contributed by atoms with Gasteiger partial charge in [0.25, 0.3) is 0 Å². The van der Waals surface area contributed by atoms with Gasteiger partial charge in [-0.1, -0.05) is 13.8 Å². The fraction of sp³-hybridized carbons (Fsp3) is 1.00. The van der Waals surface area contributed by atoms with Crippen molar-refractivity contribution in [3.8, 4) is 0 Å². The van der Waals surface area contributed by atoms with E-state index < -0.39 is 14.8 Å². The fourth-order valence-electron chi connectivity index (χ4n) is 2.10. The number of nitrogens with zero attached hydrogens (tertiary/aromatic N) is 1. The van der Waals surface area contributed by atoms with Gasteiger partial charge in [0, 0.05) is 18.0 Å². The van der Waals surface area contributed by atoms with E-state index in [0.29, 0.717) is 0 Å². The molecule has 0 aromatic carbocycles. The van der Waals surface area contributed by atoms with Gasteiger partial charge in [0.2, 0.25) is 10.0 Å². The summed E-state index contributed by atoms with van der Waals surface area (Å²) in [4.78, 5) is 0. The van der Waals surface area contributed by atoms with Crippen LogP contribution in [0.15, 0.2) is 0 Å². The van der Waals surface area contributed by atoms with Crippen molar-refractivity contribution in [3.63, 3.8) is 0 Å². The van der Waals surface area contributed by atoms with Crippen molar-refractivity contribution in [2.45, 2.75) is 51.8 Å². The SMILES string of the molecule is CN1C(C)(C)C(C)(C)C(C)(C)S1(=O)=O. The first-order valence-corrected chi connectivity index (χ1v) is 6.33. The van der Waals surface area contributed by atoms with Crippen LogP contribution in [-0.2, 0) is 10.0 Å². The van der Waals surface area contributed by atoms with E-state index in [1.54, 1.807) is 7.05 Å². The molecule has 1 heterocycles. The van der Waals surface area contributed by atoms with E-state index in [9.17, 15) is 8.42 Å². The highest BCUT2D eigenvalue weighted by Gasteiger charge is 2.66. The second kappa shape index (κ2) is 2.53. The molecular formula is C10H21NO2S. The molecule has 1 rings (SSSR count). The maximum absolute atomic E-state index is 12.2. The molecule has 1 saturated heterocycles. The van der Waals surface area contributed by atoms with Crippen LogP contribution >= 0.6 is 0 Å². The van der Waals surface area contributed by atoms with Gasteiger partial charge < -0.3 is 0 Å². The molecule has 1 aliphatic rings. The van der Waals surface area contributed by atoms with E-state index in [4.69, 9.17) is 0 Å². The molecule has 3 nitrogen and oxygen atoms in total. The molecular weight excluding hydrogens is 198 g/mol. The lowest BCUT2D eigenvalue weighted by Crippen LogP contribution is -2.48. The predicted molar refractivity (Wildman–Crippen MR) is 58.6 cm³/mol. The summed E-state index contributed by atoms with van der Waals surface area (Å²) in [5, 5.41) is 0. The number of sulfonamides is 1. The molecule has 0 atom stereocenters. The first-order valence-electron chi connectivity index (χ1n) is 4.89. The Morgan fingerprint density at radius 1 is 0.929 bits per heavy atom. The molecule has 14 heavy (non-hydrogen) atoms. The van der Waals surface area contributed by atoms with Crippen molar-refractivity contribution in [2.24, 2.45) is 5.41 Å². The highest BCUT2D eigenvalue weighted by Crippen LogP contribution is 2.55. The van der Waals surface area contributed by atoms with Crippen LogP contribution in [0.2, 0.25) is 0 Å². The van der Waals surface area contributed by atoms with E-state index in [2.05, 4.69) is 0 Å². The molecule has 1 aliphatic heterocycles. The molecule has 0 amide bonds. The zero-order valence-corrected chi connectivity index (χ0v) is 11.0. The van der Waals surface area contributed by atoms with Gasteiger partial charge >= 0.3 is 0 Å². The van der Waals surface area contributed by atoms with Gasteiger partial charge in [0.15, 0.2) is 0 Å². The Bertz CT molecular complexity index is 352. The zero-order chi connectivity index (χ0) is 11.6. The molecule has 0 unspecified atom stereocenters. The quantitative estimate of drug-likeness (QED) is 0.623. The molecule has 4 heteroatoms. The predicted octanol–water partition coefficient (Wildman–Crippen LogP) is 1.84. The lowest BCUT2D eigenvalue weighted by Gasteiger charge is -2.41. The summed E-state index contributed by atoms with van der Waals surface area (Å²) in [6.07, 6.45) is 0. The van der Waals surface area contributed by atoms with Crippen molar-refractivity contribution in [3.05, 3.63) is 0 Å². The molecule has 0 bridgehead atoms. The minimum absolute atomic E-state index is 0.270. The third-order valence-electron chi connectivity index (χ3n) is 4.83. The van der Waals surface area contributed by atoms with Gasteiger partial charge in [-0.3, -0.25) is 0 Å². The topological polar surface area (TPSA) is 37.4 Å². The molecule has 0 radical (unpaired) electrons. The second-order valence-electron chi connectivity index (χ2n) is 5.67. The number of hydrogen-bond acceptors (Lipinski definition) is 2. The highest BCUT2D eigenvalue weighted by atomic mass is 32.2. The van der Waals surface area contributed by atoms with Crippen LogP contribution in [0.25, 0.3) is 0 Å². The van der Waals surface area contributed by atoms with Crippen LogP contribution in [-0.4, -0.2) is 30.1 Å². The van der Waals surface area contributed by atoms with Gasteiger partial charge in [-0.25, -0.2) is 8.42 Å². The largest absolute Gasteiger partial charge is 0.220 e. The van der Waals surface area contributed by atoms with Crippen LogP contribution in [0.3, 0.4) is 0 Å². The van der Waals surface area contributed by atoms with E-state index >= 15 is 0 Å². The van der Waals surface area contributed by atoms with Gasteiger partial charge in [0.1, 0.15) is 0 Å². The number of rotatable bonds is 0. The van der Waals surface area contributed by atoms with Crippen LogP contribution in [0.4, 0.5) is 0 Å². The summed E-state index contributed by atoms with van der Waals surface area (Å²) in [7, 11) is -1.51. The van der Waals surface area contributed by atoms with Crippen LogP contribution in [0, 0.1) is 5.41 Å². The molecule has 0 N–H and O–H groups in total. The van der Waals surface area contributed by atoms with Crippen molar-refractivity contribution in [2.75, 3.05) is 7.05 Å². The van der Waals surface area contributed by atoms with E-state index in [-0.39, 0.29) is 11.0 Å². The first kappa shape index (κ1) is 12.0. The van der Waals surface area contributed by atoms with E-state index in [0.717, 1.165) is 0 Å². The monoisotopic (exact) mass is 219 g/mol. The zero-order valence-electron chi connectivity index (χ0n) is 10.2. The average molecular weight is 219 g/mol. The Kier molecular flexibility index (Phi) is 2.16. The average Bonchev–Trinajstić information content (AvgIpc) is 2.05. The van der Waals surface area contributed by atoms with Gasteiger partial charge in [-0.05, 0) is 27.7 Å². The van der Waals surface area contributed by atoms with Gasteiger partial charge in [-0.15, -0.1) is 0 Å². The molecule has 0 spiro atoms. The Morgan fingerprint density at radius 3 is 1.36 bits per heavy atom. The first-order chi connectivity index (χ1) is 5.90. The molecule has 1 fully saturated rings. The number of hydrogen-bond donors (Lipinski definition) is 0. The third-order valence-corrected chi connectivity index (χ3v) is 7.80. The minimum atomic E-state index is -3.19. The summed E-state index contributed by atoms with van der Waals surface area (Å²) < 4.78 is 25.1. The maximum atomic E-state index is 12.2. The van der Waals surface area contributed by atoms with Crippen molar-refractivity contribution in [1.82, 2.24) is 4.31 Å².